The number of carbonyl (C=O) groups is 1. The quantitative estimate of drug-likeness (QED) is 0.636. The number of methoxy groups -OCH3 is 2. The second kappa shape index (κ2) is 8.18. The smallest absolute Gasteiger partial charge is 0.273 e. The molecule has 0 aliphatic carbocycles. The lowest BCUT2D eigenvalue weighted by atomic mass is 10.1. The first-order valence-electron chi connectivity index (χ1n) is 8.20. The topological polar surface area (TPSA) is 51.7 Å². The highest BCUT2D eigenvalue weighted by molar-refractivity contribution is 7.13. The molecule has 0 spiro atoms. The standard InChI is InChI=1S/C20H19FN2O3S/c1-23(11-13-8-9-14(25-2)10-18(13)26-3)20(24)17-12-27-19(22-17)15-6-4-5-7-16(15)21/h4-10,12H,11H2,1-3H3. The normalized spacial score (nSPS) is 10.5. The van der Waals surface area contributed by atoms with Crippen molar-refractivity contribution in [2.45, 2.75) is 6.54 Å². The van der Waals surface area contributed by atoms with Crippen molar-refractivity contribution < 1.29 is 18.7 Å². The van der Waals surface area contributed by atoms with Gasteiger partial charge in [0.15, 0.2) is 0 Å². The molecule has 0 N–H and O–H groups in total. The lowest BCUT2D eigenvalue weighted by Gasteiger charge is -2.18. The molecule has 0 saturated heterocycles. The molecule has 1 aromatic heterocycles. The minimum absolute atomic E-state index is 0.244. The minimum Gasteiger partial charge on any atom is -0.497 e. The van der Waals surface area contributed by atoms with E-state index in [1.807, 2.05) is 12.1 Å². The fraction of sp³-hybridized carbons (Fsp3) is 0.200. The van der Waals surface area contributed by atoms with E-state index >= 15 is 0 Å². The highest BCUT2D eigenvalue weighted by Gasteiger charge is 2.19. The van der Waals surface area contributed by atoms with E-state index in [4.69, 9.17) is 9.47 Å². The Morgan fingerprint density at radius 2 is 1.96 bits per heavy atom. The number of rotatable bonds is 6. The zero-order chi connectivity index (χ0) is 19.4. The molecule has 0 atom stereocenters. The molecule has 0 unspecified atom stereocenters. The van der Waals surface area contributed by atoms with Crippen LogP contribution in [0.5, 0.6) is 11.5 Å². The molecule has 140 valence electrons. The van der Waals surface area contributed by atoms with Crippen LogP contribution in [0, 0.1) is 5.82 Å². The third-order valence-corrected chi connectivity index (χ3v) is 4.95. The summed E-state index contributed by atoms with van der Waals surface area (Å²) in [6, 6.07) is 11.8. The van der Waals surface area contributed by atoms with E-state index in [-0.39, 0.29) is 17.4 Å². The summed E-state index contributed by atoms with van der Waals surface area (Å²) in [5.74, 6) is 0.715. The number of amides is 1. The number of nitrogens with zero attached hydrogens (tertiary/aromatic N) is 2. The molecule has 7 heteroatoms. The number of hydrogen-bond acceptors (Lipinski definition) is 5. The second-order valence-electron chi connectivity index (χ2n) is 5.86. The van der Waals surface area contributed by atoms with Gasteiger partial charge in [-0.3, -0.25) is 4.79 Å². The van der Waals surface area contributed by atoms with Crippen molar-refractivity contribution in [3.8, 4) is 22.1 Å². The summed E-state index contributed by atoms with van der Waals surface area (Å²) in [7, 11) is 4.84. The van der Waals surface area contributed by atoms with Gasteiger partial charge in [-0.05, 0) is 24.3 Å². The SMILES string of the molecule is COc1ccc(CN(C)C(=O)c2csc(-c3ccccc3F)n2)c(OC)c1. The van der Waals surface area contributed by atoms with Crippen LogP contribution in [-0.4, -0.2) is 37.1 Å². The number of aromatic nitrogens is 1. The van der Waals surface area contributed by atoms with Gasteiger partial charge in [-0.15, -0.1) is 11.3 Å². The molecule has 0 radical (unpaired) electrons. The van der Waals surface area contributed by atoms with Gasteiger partial charge in [0.05, 0.1) is 14.2 Å². The number of carbonyl (C=O) groups excluding carboxylic acids is 1. The van der Waals surface area contributed by atoms with Gasteiger partial charge >= 0.3 is 0 Å². The van der Waals surface area contributed by atoms with Crippen LogP contribution in [-0.2, 0) is 6.54 Å². The Kier molecular flexibility index (Phi) is 5.71. The summed E-state index contributed by atoms with van der Waals surface area (Å²) in [6.07, 6.45) is 0. The maximum Gasteiger partial charge on any atom is 0.273 e. The van der Waals surface area contributed by atoms with E-state index in [0.717, 1.165) is 5.56 Å². The number of ether oxygens (including phenoxy) is 2. The van der Waals surface area contributed by atoms with Crippen molar-refractivity contribution in [2.24, 2.45) is 0 Å². The highest BCUT2D eigenvalue weighted by atomic mass is 32.1. The summed E-state index contributed by atoms with van der Waals surface area (Å²) < 4.78 is 24.5. The van der Waals surface area contributed by atoms with E-state index in [1.54, 1.807) is 55.8 Å². The summed E-state index contributed by atoms with van der Waals surface area (Å²) in [5.41, 5.74) is 1.52. The van der Waals surface area contributed by atoms with Crippen molar-refractivity contribution in [2.75, 3.05) is 21.3 Å². The van der Waals surface area contributed by atoms with Gasteiger partial charge in [0.25, 0.3) is 5.91 Å². The number of hydrogen-bond donors (Lipinski definition) is 0. The van der Waals surface area contributed by atoms with E-state index in [9.17, 15) is 9.18 Å². The van der Waals surface area contributed by atoms with E-state index in [2.05, 4.69) is 4.98 Å². The van der Waals surface area contributed by atoms with E-state index in [0.29, 0.717) is 28.6 Å². The van der Waals surface area contributed by atoms with Crippen LogP contribution in [0.15, 0.2) is 47.8 Å². The van der Waals surface area contributed by atoms with Gasteiger partial charge in [-0.1, -0.05) is 12.1 Å². The van der Waals surface area contributed by atoms with Crippen LogP contribution in [0.4, 0.5) is 4.39 Å². The predicted molar refractivity (Wildman–Crippen MR) is 103 cm³/mol. The first-order chi connectivity index (χ1) is 13.0. The Hall–Kier alpha value is -2.93. The molecule has 0 aliphatic heterocycles. The van der Waals surface area contributed by atoms with Crippen LogP contribution in [0.1, 0.15) is 16.1 Å². The average molecular weight is 386 g/mol. The molecule has 1 amide bonds. The second-order valence-corrected chi connectivity index (χ2v) is 6.71. The van der Waals surface area contributed by atoms with Gasteiger partial charge in [0.2, 0.25) is 0 Å². The molecule has 0 aliphatic rings. The molecule has 0 bridgehead atoms. The molecule has 27 heavy (non-hydrogen) atoms. The zero-order valence-corrected chi connectivity index (χ0v) is 16.0. The summed E-state index contributed by atoms with van der Waals surface area (Å²) >= 11 is 1.24. The summed E-state index contributed by atoms with van der Waals surface area (Å²) in [5, 5.41) is 2.12. The predicted octanol–water partition coefficient (Wildman–Crippen LogP) is 4.24. The van der Waals surface area contributed by atoms with Crippen LogP contribution >= 0.6 is 11.3 Å². The lowest BCUT2D eigenvalue weighted by Crippen LogP contribution is -2.26. The number of halogens is 1. The third kappa shape index (κ3) is 4.09. The van der Waals surface area contributed by atoms with Crippen molar-refractivity contribution >= 4 is 17.2 Å². The van der Waals surface area contributed by atoms with Gasteiger partial charge < -0.3 is 14.4 Å². The van der Waals surface area contributed by atoms with Gasteiger partial charge in [-0.25, -0.2) is 9.37 Å². The van der Waals surface area contributed by atoms with Gasteiger partial charge in [0.1, 0.15) is 28.0 Å². The highest BCUT2D eigenvalue weighted by Crippen LogP contribution is 2.28. The Labute approximate surface area is 161 Å². The van der Waals surface area contributed by atoms with E-state index in [1.165, 1.54) is 17.4 Å². The number of benzene rings is 2. The average Bonchev–Trinajstić information content (AvgIpc) is 3.17. The number of thiazole rings is 1. The summed E-state index contributed by atoms with van der Waals surface area (Å²) in [4.78, 5) is 18.6. The maximum atomic E-state index is 13.9. The van der Waals surface area contributed by atoms with Crippen LogP contribution in [0.2, 0.25) is 0 Å². The molecule has 3 aromatic rings. The Balaban J connectivity index is 1.78. The largest absolute Gasteiger partial charge is 0.497 e. The first-order valence-corrected chi connectivity index (χ1v) is 9.08. The molecule has 5 nitrogen and oxygen atoms in total. The molecular weight excluding hydrogens is 367 g/mol. The Bertz CT molecular complexity index is 958. The fourth-order valence-corrected chi connectivity index (χ4v) is 3.46. The van der Waals surface area contributed by atoms with Gasteiger partial charge in [-0.2, -0.15) is 0 Å². The molecule has 2 aromatic carbocycles. The van der Waals surface area contributed by atoms with Crippen LogP contribution in [0.25, 0.3) is 10.6 Å². The zero-order valence-electron chi connectivity index (χ0n) is 15.2. The molecule has 0 fully saturated rings. The van der Waals surface area contributed by atoms with Crippen molar-refractivity contribution in [1.29, 1.82) is 0 Å². The first kappa shape index (κ1) is 18.8. The minimum atomic E-state index is -0.359. The fourth-order valence-electron chi connectivity index (χ4n) is 2.64. The van der Waals surface area contributed by atoms with Crippen LogP contribution < -0.4 is 9.47 Å². The Morgan fingerprint density at radius 3 is 2.67 bits per heavy atom. The van der Waals surface area contributed by atoms with Crippen molar-refractivity contribution in [1.82, 2.24) is 9.88 Å². The Morgan fingerprint density at radius 1 is 1.19 bits per heavy atom. The lowest BCUT2D eigenvalue weighted by molar-refractivity contribution is 0.0779. The van der Waals surface area contributed by atoms with Crippen molar-refractivity contribution in [3.05, 3.63) is 64.9 Å². The molecule has 0 saturated carbocycles. The van der Waals surface area contributed by atoms with Crippen LogP contribution in [0.3, 0.4) is 0 Å². The summed E-state index contributed by atoms with van der Waals surface area (Å²) in [6.45, 7) is 0.346. The van der Waals surface area contributed by atoms with E-state index < -0.39 is 0 Å². The molecular formula is C20H19FN2O3S. The monoisotopic (exact) mass is 386 g/mol. The maximum absolute atomic E-state index is 13.9. The third-order valence-electron chi connectivity index (χ3n) is 4.08. The molecule has 1 heterocycles. The van der Waals surface area contributed by atoms with Gasteiger partial charge in [0, 0.05) is 36.2 Å². The van der Waals surface area contributed by atoms with Crippen molar-refractivity contribution in [3.63, 3.8) is 0 Å². The molecule has 3 rings (SSSR count).